The minimum atomic E-state index is 0.762. The maximum atomic E-state index is 3.28. The molecule has 0 fully saturated rings. The molecule has 2 aromatic carbocycles. The number of hydrogen-bond acceptors (Lipinski definition) is 0. The van der Waals surface area contributed by atoms with Crippen molar-refractivity contribution >= 4 is 12.2 Å². The van der Waals surface area contributed by atoms with E-state index in [-0.39, 0.29) is 0 Å². The highest BCUT2D eigenvalue weighted by Crippen LogP contribution is 2.13. The van der Waals surface area contributed by atoms with E-state index < -0.39 is 0 Å². The Kier molecular flexibility index (Phi) is 9.69. The summed E-state index contributed by atoms with van der Waals surface area (Å²) in [6.45, 7) is 6.81. The van der Waals surface area contributed by atoms with Gasteiger partial charge in [0.1, 0.15) is 0 Å². The molecule has 0 aromatic heterocycles. The van der Waals surface area contributed by atoms with Crippen molar-refractivity contribution in [1.82, 2.24) is 0 Å². The van der Waals surface area contributed by atoms with Crippen molar-refractivity contribution in [2.45, 2.75) is 65.7 Å². The van der Waals surface area contributed by atoms with E-state index in [1.165, 1.54) is 67.2 Å². The van der Waals surface area contributed by atoms with Crippen LogP contribution in [0.25, 0.3) is 12.2 Å². The van der Waals surface area contributed by atoms with Crippen LogP contribution in [0, 0.1) is 12.0 Å². The van der Waals surface area contributed by atoms with Gasteiger partial charge in [-0.05, 0) is 66.0 Å². The van der Waals surface area contributed by atoms with E-state index in [2.05, 4.69) is 81.5 Å². The van der Waals surface area contributed by atoms with E-state index in [1.807, 2.05) is 12.2 Å². The Morgan fingerprint density at radius 1 is 0.778 bits per heavy atom. The van der Waals surface area contributed by atoms with Crippen molar-refractivity contribution in [3.63, 3.8) is 0 Å². The molecule has 0 unspecified atom stereocenters. The van der Waals surface area contributed by atoms with Gasteiger partial charge in [-0.15, -0.1) is 0 Å². The average Bonchev–Trinajstić information content (AvgIpc) is 2.69. The van der Waals surface area contributed by atoms with E-state index in [1.54, 1.807) is 0 Å². The molecule has 2 aromatic rings. The molecule has 0 aliphatic carbocycles. The van der Waals surface area contributed by atoms with Gasteiger partial charge in [0, 0.05) is 0 Å². The van der Waals surface area contributed by atoms with Crippen LogP contribution in [0.15, 0.2) is 54.6 Å². The highest BCUT2D eigenvalue weighted by atomic mass is 14.0. The number of rotatable bonds is 11. The van der Waals surface area contributed by atoms with Crippen molar-refractivity contribution in [2.24, 2.45) is 5.92 Å². The standard InChI is InChI=1S/C27H35/c1-4-5-6-7-10-24-15-17-25(18-16-24)11-8-9-12-26-19-21-27(22-20-26)14-13-23(2)3/h8,11-12,15-23H,4-7,10,13-14H2,1-3H3. The number of hydrogen-bond donors (Lipinski definition) is 0. The van der Waals surface area contributed by atoms with Crippen LogP contribution >= 0.6 is 0 Å². The summed E-state index contributed by atoms with van der Waals surface area (Å²) in [7, 11) is 0. The molecule has 0 saturated heterocycles. The lowest BCUT2D eigenvalue weighted by atomic mass is 10.0. The van der Waals surface area contributed by atoms with Crippen LogP contribution in [-0.4, -0.2) is 0 Å². The lowest BCUT2D eigenvalue weighted by Gasteiger charge is -2.04. The molecule has 0 bridgehead atoms. The molecule has 0 saturated carbocycles. The predicted octanol–water partition coefficient (Wildman–Crippen LogP) is 7.93. The lowest BCUT2D eigenvalue weighted by Crippen LogP contribution is -1.91. The first-order valence-corrected chi connectivity index (χ1v) is 10.6. The summed E-state index contributed by atoms with van der Waals surface area (Å²) in [5.74, 6) is 0.762. The topological polar surface area (TPSA) is 0 Å². The third kappa shape index (κ3) is 8.91. The van der Waals surface area contributed by atoms with Crippen molar-refractivity contribution in [2.75, 3.05) is 0 Å². The van der Waals surface area contributed by atoms with Crippen LogP contribution in [0.2, 0.25) is 0 Å². The normalized spacial score (nSPS) is 11.9. The maximum absolute atomic E-state index is 3.28. The number of unbranched alkanes of at least 4 members (excludes halogenated alkanes) is 3. The maximum Gasteiger partial charge on any atom is -0.0178 e. The fraction of sp³-hybridized carbons (Fsp3) is 0.407. The Balaban J connectivity index is 1.78. The Labute approximate surface area is 167 Å². The average molecular weight is 360 g/mol. The van der Waals surface area contributed by atoms with Crippen LogP contribution < -0.4 is 0 Å². The molecule has 0 amide bonds. The minimum absolute atomic E-state index is 0.762. The first-order chi connectivity index (χ1) is 13.2. The number of benzene rings is 2. The molecule has 0 N–H and O–H groups in total. The molecule has 143 valence electrons. The van der Waals surface area contributed by atoms with E-state index in [0.29, 0.717) is 0 Å². The monoisotopic (exact) mass is 359 g/mol. The molecule has 0 nitrogen and oxygen atoms in total. The zero-order valence-electron chi connectivity index (χ0n) is 17.4. The molecule has 0 aliphatic rings. The third-order valence-electron chi connectivity index (χ3n) is 4.91. The van der Waals surface area contributed by atoms with Gasteiger partial charge in [-0.25, -0.2) is 0 Å². The van der Waals surface area contributed by atoms with Crippen LogP contribution in [0.4, 0.5) is 0 Å². The second-order valence-corrected chi connectivity index (χ2v) is 7.87. The molecule has 0 aliphatic heterocycles. The van der Waals surface area contributed by atoms with Gasteiger partial charge in [0.15, 0.2) is 0 Å². The van der Waals surface area contributed by atoms with Crippen molar-refractivity contribution < 1.29 is 0 Å². The van der Waals surface area contributed by atoms with Crippen molar-refractivity contribution in [3.05, 3.63) is 82.9 Å². The van der Waals surface area contributed by atoms with E-state index >= 15 is 0 Å². The van der Waals surface area contributed by atoms with Crippen LogP contribution in [0.1, 0.15) is 75.1 Å². The van der Waals surface area contributed by atoms with Gasteiger partial charge < -0.3 is 0 Å². The summed E-state index contributed by atoms with van der Waals surface area (Å²) in [5.41, 5.74) is 5.30. The van der Waals surface area contributed by atoms with Crippen LogP contribution in [0.3, 0.4) is 0 Å². The van der Waals surface area contributed by atoms with Crippen molar-refractivity contribution in [3.8, 4) is 0 Å². The molecule has 0 heterocycles. The summed E-state index contributed by atoms with van der Waals surface area (Å²) in [6, 6.07) is 17.8. The van der Waals surface area contributed by atoms with Gasteiger partial charge in [-0.2, -0.15) is 0 Å². The molecule has 1 radical (unpaired) electrons. The van der Waals surface area contributed by atoms with Crippen molar-refractivity contribution in [1.29, 1.82) is 0 Å². The van der Waals surface area contributed by atoms with Crippen LogP contribution in [0.5, 0.6) is 0 Å². The van der Waals surface area contributed by atoms with E-state index in [9.17, 15) is 0 Å². The highest BCUT2D eigenvalue weighted by Gasteiger charge is 1.97. The van der Waals surface area contributed by atoms with E-state index in [4.69, 9.17) is 0 Å². The summed E-state index contributed by atoms with van der Waals surface area (Å²) in [5, 5.41) is 0. The van der Waals surface area contributed by atoms with E-state index in [0.717, 1.165) is 5.92 Å². The molecule has 0 heteroatoms. The second-order valence-electron chi connectivity index (χ2n) is 7.87. The van der Waals surface area contributed by atoms with Gasteiger partial charge in [-0.1, -0.05) is 101 Å². The smallest absolute Gasteiger partial charge is 0.0178 e. The third-order valence-corrected chi connectivity index (χ3v) is 4.91. The SMILES string of the molecule is CCCCCCc1ccc(C=C[C]=Cc2ccc(CCC(C)C)cc2)cc1. The Morgan fingerprint density at radius 3 is 2.04 bits per heavy atom. The molecular weight excluding hydrogens is 324 g/mol. The second kappa shape index (κ2) is 12.3. The zero-order chi connectivity index (χ0) is 19.3. The van der Waals surface area contributed by atoms with Gasteiger partial charge in [0.2, 0.25) is 0 Å². The van der Waals surface area contributed by atoms with Gasteiger partial charge >= 0.3 is 0 Å². The summed E-state index contributed by atoms with van der Waals surface area (Å²) in [4.78, 5) is 0. The molecule has 0 spiro atoms. The number of allylic oxidation sites excluding steroid dienone is 2. The predicted molar refractivity (Wildman–Crippen MR) is 121 cm³/mol. The molecule has 27 heavy (non-hydrogen) atoms. The fourth-order valence-corrected chi connectivity index (χ4v) is 3.08. The molecule has 0 atom stereocenters. The highest BCUT2D eigenvalue weighted by molar-refractivity contribution is 5.55. The fourth-order valence-electron chi connectivity index (χ4n) is 3.08. The minimum Gasteiger partial charge on any atom is -0.0654 e. The first-order valence-electron chi connectivity index (χ1n) is 10.6. The molecule has 2 rings (SSSR count). The summed E-state index contributed by atoms with van der Waals surface area (Å²) < 4.78 is 0. The lowest BCUT2D eigenvalue weighted by molar-refractivity contribution is 0.587. The number of aryl methyl sites for hydroxylation is 2. The van der Waals surface area contributed by atoms with Crippen LogP contribution in [-0.2, 0) is 12.8 Å². The van der Waals surface area contributed by atoms with Gasteiger partial charge in [0.25, 0.3) is 0 Å². The quantitative estimate of drug-likeness (QED) is 0.282. The largest absolute Gasteiger partial charge is 0.0654 e. The summed E-state index contributed by atoms with van der Waals surface area (Å²) in [6.07, 6.45) is 18.4. The molecular formula is C27H35. The Morgan fingerprint density at radius 2 is 1.41 bits per heavy atom. The first kappa shape index (κ1) is 21.2. The summed E-state index contributed by atoms with van der Waals surface area (Å²) >= 11 is 0. The van der Waals surface area contributed by atoms with Gasteiger partial charge in [0.05, 0.1) is 0 Å². The Bertz CT molecular complexity index is 684. The Hall–Kier alpha value is -2.08. The van der Waals surface area contributed by atoms with Gasteiger partial charge in [-0.3, -0.25) is 0 Å². The zero-order valence-corrected chi connectivity index (χ0v) is 17.4.